The first-order valence-electron chi connectivity index (χ1n) is 14.6. The number of carbonyl (C=O) groups is 3. The lowest BCUT2D eigenvalue weighted by Gasteiger charge is -2.27. The van der Waals surface area contributed by atoms with Crippen LogP contribution in [0.3, 0.4) is 0 Å². The fourth-order valence-corrected chi connectivity index (χ4v) is 5.47. The van der Waals surface area contributed by atoms with Crippen LogP contribution in [-0.4, -0.2) is 87.0 Å². The van der Waals surface area contributed by atoms with Crippen molar-refractivity contribution in [3.8, 4) is 11.8 Å². The number of ether oxygens (including phenoxy) is 1. The van der Waals surface area contributed by atoms with Gasteiger partial charge in [0, 0.05) is 62.5 Å². The van der Waals surface area contributed by atoms with Gasteiger partial charge in [-0.15, -0.1) is 0 Å². The van der Waals surface area contributed by atoms with Gasteiger partial charge in [0.1, 0.15) is 5.75 Å². The Kier molecular flexibility index (Phi) is 9.54. The molecule has 0 spiro atoms. The zero-order valence-corrected chi connectivity index (χ0v) is 24.3. The van der Waals surface area contributed by atoms with Crippen LogP contribution in [0.25, 0.3) is 0 Å². The summed E-state index contributed by atoms with van der Waals surface area (Å²) in [4.78, 5) is 45.9. The van der Waals surface area contributed by atoms with Crippen LogP contribution in [0.1, 0.15) is 49.5 Å². The van der Waals surface area contributed by atoms with Crippen molar-refractivity contribution < 1.29 is 19.1 Å². The summed E-state index contributed by atoms with van der Waals surface area (Å²) in [5.41, 5.74) is 3.27. The van der Waals surface area contributed by atoms with Gasteiger partial charge in [-0.25, -0.2) is 0 Å². The van der Waals surface area contributed by atoms with Crippen molar-refractivity contribution in [2.24, 2.45) is 0 Å². The van der Waals surface area contributed by atoms with E-state index in [0.29, 0.717) is 73.0 Å². The number of nitrogens with one attached hydrogen (secondary N) is 2. The van der Waals surface area contributed by atoms with Crippen LogP contribution < -0.4 is 20.3 Å². The molecule has 2 aliphatic rings. The highest BCUT2D eigenvalue weighted by atomic mass is 16.5. The topological polar surface area (TPSA) is 118 Å². The Morgan fingerprint density at radius 1 is 0.791 bits per heavy atom. The quantitative estimate of drug-likeness (QED) is 0.457. The van der Waals surface area contributed by atoms with Crippen molar-refractivity contribution in [1.82, 2.24) is 15.1 Å². The van der Waals surface area contributed by atoms with Gasteiger partial charge in [0.05, 0.1) is 30.1 Å². The highest BCUT2D eigenvalue weighted by Gasteiger charge is 2.24. The highest BCUT2D eigenvalue weighted by molar-refractivity contribution is 6.07. The molecule has 0 bridgehead atoms. The average Bonchev–Trinajstić information content (AvgIpc) is 3.48. The first-order chi connectivity index (χ1) is 21.0. The van der Waals surface area contributed by atoms with E-state index in [1.54, 1.807) is 49.6 Å². The van der Waals surface area contributed by atoms with E-state index in [1.807, 2.05) is 34.1 Å². The van der Waals surface area contributed by atoms with Gasteiger partial charge in [0.2, 0.25) is 0 Å². The van der Waals surface area contributed by atoms with Crippen LogP contribution in [0, 0.1) is 11.3 Å². The van der Waals surface area contributed by atoms with Crippen molar-refractivity contribution in [2.75, 3.05) is 69.7 Å². The predicted octanol–water partition coefficient (Wildman–Crippen LogP) is 3.61. The molecule has 0 unspecified atom stereocenters. The number of nitriles is 1. The molecule has 0 aromatic heterocycles. The first-order valence-corrected chi connectivity index (χ1v) is 14.6. The molecule has 3 aromatic carbocycles. The number of amides is 3. The van der Waals surface area contributed by atoms with E-state index in [1.165, 1.54) is 0 Å². The molecule has 2 heterocycles. The molecule has 3 aromatic rings. The van der Waals surface area contributed by atoms with Crippen LogP contribution in [0.5, 0.6) is 5.75 Å². The van der Waals surface area contributed by atoms with Gasteiger partial charge in [-0.05, 0) is 80.1 Å². The van der Waals surface area contributed by atoms with Gasteiger partial charge in [-0.2, -0.15) is 5.26 Å². The van der Waals surface area contributed by atoms with Gasteiger partial charge in [-0.1, -0.05) is 6.07 Å². The van der Waals surface area contributed by atoms with Gasteiger partial charge < -0.3 is 30.1 Å². The molecule has 222 valence electrons. The minimum atomic E-state index is -0.334. The Morgan fingerprint density at radius 2 is 1.51 bits per heavy atom. The lowest BCUT2D eigenvalue weighted by atomic mass is 10.1. The minimum Gasteiger partial charge on any atom is -0.497 e. The Labute approximate surface area is 251 Å². The third kappa shape index (κ3) is 7.13. The van der Waals surface area contributed by atoms with E-state index >= 15 is 0 Å². The number of carbonyl (C=O) groups excluding carboxylic acids is 3. The smallest absolute Gasteiger partial charge is 0.255 e. The number of methoxy groups -OCH3 is 1. The normalized spacial score (nSPS) is 15.6. The summed E-state index contributed by atoms with van der Waals surface area (Å²) in [6.45, 7) is 5.24. The summed E-state index contributed by atoms with van der Waals surface area (Å²) in [6.07, 6.45) is 1.62. The summed E-state index contributed by atoms with van der Waals surface area (Å²) in [6, 6.07) is 21.1. The van der Waals surface area contributed by atoms with Crippen LogP contribution in [0.2, 0.25) is 0 Å². The summed E-state index contributed by atoms with van der Waals surface area (Å²) in [5, 5.41) is 15.5. The molecule has 2 aliphatic heterocycles. The van der Waals surface area contributed by atoms with Crippen LogP contribution in [0.15, 0.2) is 66.7 Å². The second-order valence-corrected chi connectivity index (χ2v) is 10.6. The van der Waals surface area contributed by atoms with Crippen molar-refractivity contribution in [1.29, 1.82) is 5.26 Å². The first kappa shape index (κ1) is 29.6. The van der Waals surface area contributed by atoms with Crippen molar-refractivity contribution in [3.63, 3.8) is 0 Å². The molecule has 2 N–H and O–H groups in total. The fraction of sp³-hybridized carbons (Fsp3) is 0.333. The Bertz CT molecular complexity index is 1510. The molecule has 0 saturated carbocycles. The fourth-order valence-electron chi connectivity index (χ4n) is 5.47. The summed E-state index contributed by atoms with van der Waals surface area (Å²) >= 11 is 0. The second-order valence-electron chi connectivity index (χ2n) is 10.6. The lowest BCUT2D eigenvalue weighted by molar-refractivity contribution is 0.0759. The van der Waals surface area contributed by atoms with E-state index in [4.69, 9.17) is 10.00 Å². The Hall–Kier alpha value is -4.88. The molecular formula is C33H36N6O4. The van der Waals surface area contributed by atoms with Gasteiger partial charge in [0.25, 0.3) is 17.7 Å². The molecule has 2 fully saturated rings. The molecule has 10 heteroatoms. The Morgan fingerprint density at radius 3 is 2.28 bits per heavy atom. The Balaban J connectivity index is 1.39. The van der Waals surface area contributed by atoms with E-state index < -0.39 is 0 Å². The maximum Gasteiger partial charge on any atom is 0.255 e. The number of rotatable bonds is 6. The maximum absolute atomic E-state index is 13.5. The van der Waals surface area contributed by atoms with E-state index in [9.17, 15) is 14.4 Å². The average molecular weight is 581 g/mol. The van der Waals surface area contributed by atoms with E-state index in [0.717, 1.165) is 31.6 Å². The third-order valence-electron chi connectivity index (χ3n) is 7.84. The van der Waals surface area contributed by atoms with Crippen LogP contribution >= 0.6 is 0 Å². The molecule has 0 radical (unpaired) electrons. The number of anilines is 2. The highest BCUT2D eigenvalue weighted by Crippen LogP contribution is 2.30. The van der Waals surface area contributed by atoms with Crippen LogP contribution in [-0.2, 0) is 0 Å². The summed E-state index contributed by atoms with van der Waals surface area (Å²) in [5.74, 6) is 0.174. The molecule has 0 aliphatic carbocycles. The molecule has 3 amide bonds. The minimum absolute atomic E-state index is 0.0528. The van der Waals surface area contributed by atoms with Crippen molar-refractivity contribution in [2.45, 2.75) is 12.8 Å². The summed E-state index contributed by atoms with van der Waals surface area (Å²) in [7, 11) is 1.58. The molecule has 43 heavy (non-hydrogen) atoms. The monoisotopic (exact) mass is 580 g/mol. The van der Waals surface area contributed by atoms with Gasteiger partial charge in [0.15, 0.2) is 0 Å². The molecular weight excluding hydrogens is 544 g/mol. The van der Waals surface area contributed by atoms with Gasteiger partial charge in [-0.3, -0.25) is 14.4 Å². The van der Waals surface area contributed by atoms with Crippen LogP contribution in [0.4, 0.5) is 11.4 Å². The molecule has 0 atom stereocenters. The number of nitrogens with zero attached hydrogens (tertiary/aromatic N) is 4. The molecule has 2 saturated heterocycles. The largest absolute Gasteiger partial charge is 0.497 e. The summed E-state index contributed by atoms with van der Waals surface area (Å²) < 4.78 is 5.29. The zero-order valence-electron chi connectivity index (χ0n) is 24.3. The number of benzene rings is 3. The molecule has 5 rings (SSSR count). The predicted molar refractivity (Wildman–Crippen MR) is 165 cm³/mol. The molecule has 10 nitrogen and oxygen atoms in total. The lowest BCUT2D eigenvalue weighted by Crippen LogP contribution is -2.35. The standard InChI is InChI=1S/C33H36N6O4/c1-43-28-6-2-5-26(21-28)32(41)39-17-4-16-37(19-20-39)30-12-11-27(33(42)38-15-3-13-35-14-18-38)22-29(30)36-31(40)25-9-7-24(23-34)8-10-25/h2,5-12,21-22,35H,3-4,13-20H2,1H3,(H,36,40). The van der Waals surface area contributed by atoms with Crippen molar-refractivity contribution >= 4 is 29.1 Å². The number of hydrogen-bond acceptors (Lipinski definition) is 7. The number of hydrogen-bond donors (Lipinski definition) is 2. The van der Waals surface area contributed by atoms with E-state index in [2.05, 4.69) is 21.6 Å². The maximum atomic E-state index is 13.5. The SMILES string of the molecule is COc1cccc(C(=O)N2CCCN(c3ccc(C(=O)N4CCCNCC4)cc3NC(=O)c3ccc(C#N)cc3)CC2)c1. The van der Waals surface area contributed by atoms with Crippen molar-refractivity contribution in [3.05, 3.63) is 89.0 Å². The van der Waals surface area contributed by atoms with Gasteiger partial charge >= 0.3 is 0 Å². The van der Waals surface area contributed by atoms with E-state index in [-0.39, 0.29) is 17.7 Å². The zero-order chi connectivity index (χ0) is 30.2. The third-order valence-corrected chi connectivity index (χ3v) is 7.84. The second kappa shape index (κ2) is 13.9.